The van der Waals surface area contributed by atoms with Gasteiger partial charge in [-0.3, -0.25) is 0 Å². The predicted octanol–water partition coefficient (Wildman–Crippen LogP) is 2.46. The number of hydrogen-bond donors (Lipinski definition) is 3. The molecule has 0 amide bonds. The van der Waals surface area contributed by atoms with Crippen LogP contribution in [0.25, 0.3) is 0 Å². The molecule has 0 aromatic carbocycles. The maximum absolute atomic E-state index is 6.04. The van der Waals surface area contributed by atoms with Gasteiger partial charge in [0.15, 0.2) is 16.8 Å². The number of anilines is 4. The number of nitrogens with two attached hydrogens (primary N) is 1. The quantitative estimate of drug-likeness (QED) is 0.662. The maximum atomic E-state index is 6.04. The Morgan fingerprint density at radius 3 is 2.90 bits per heavy atom. The van der Waals surface area contributed by atoms with E-state index >= 15 is 0 Å². The first-order chi connectivity index (χ1) is 9.83. The van der Waals surface area contributed by atoms with E-state index < -0.39 is 0 Å². The third-order valence-corrected chi connectivity index (χ3v) is 3.24. The molecule has 0 saturated heterocycles. The summed E-state index contributed by atoms with van der Waals surface area (Å²) in [5, 5.41) is 8.76. The van der Waals surface area contributed by atoms with E-state index in [-0.39, 0.29) is 0 Å². The van der Waals surface area contributed by atoms with Crippen molar-refractivity contribution in [3.05, 3.63) is 42.1 Å². The molecule has 0 radical (unpaired) electrons. The molecule has 7 nitrogen and oxygen atoms in total. The number of nitrogens with zero attached hydrogens (tertiary/aromatic N) is 3. The third kappa shape index (κ3) is 2.69. The van der Waals surface area contributed by atoms with E-state index in [2.05, 4.69) is 25.6 Å². The highest BCUT2D eigenvalue weighted by Crippen LogP contribution is 2.26. The largest absolute Gasteiger partial charge is 0.467 e. The second kappa shape index (κ2) is 5.57. The highest BCUT2D eigenvalue weighted by Gasteiger charge is 2.09. The van der Waals surface area contributed by atoms with Gasteiger partial charge < -0.3 is 20.8 Å². The summed E-state index contributed by atoms with van der Waals surface area (Å²) in [5.74, 6) is 1.88. The minimum Gasteiger partial charge on any atom is -0.467 e. The summed E-state index contributed by atoms with van der Waals surface area (Å²) in [5.41, 5.74) is 6.47. The molecule has 0 saturated carbocycles. The molecule has 20 heavy (non-hydrogen) atoms. The number of nitrogen functional groups attached to an aromatic ring is 1. The van der Waals surface area contributed by atoms with Gasteiger partial charge in [-0.25, -0.2) is 15.0 Å². The number of furan rings is 1. The van der Waals surface area contributed by atoms with Gasteiger partial charge >= 0.3 is 0 Å². The molecule has 102 valence electrons. The molecule has 0 spiro atoms. The van der Waals surface area contributed by atoms with Crippen LogP contribution < -0.4 is 16.4 Å². The van der Waals surface area contributed by atoms with Crippen LogP contribution in [0.5, 0.6) is 0 Å². The van der Waals surface area contributed by atoms with Gasteiger partial charge in [-0.1, -0.05) is 0 Å². The van der Waals surface area contributed by atoms with E-state index in [1.165, 1.54) is 17.7 Å². The molecule has 0 aliphatic carbocycles. The van der Waals surface area contributed by atoms with Gasteiger partial charge in [0.1, 0.15) is 17.8 Å². The van der Waals surface area contributed by atoms with Crippen molar-refractivity contribution < 1.29 is 4.42 Å². The van der Waals surface area contributed by atoms with Crippen LogP contribution in [0.2, 0.25) is 0 Å². The topological polar surface area (TPSA) is 102 Å². The lowest BCUT2D eigenvalue weighted by Crippen LogP contribution is -2.07. The fourth-order valence-corrected chi connectivity index (χ4v) is 2.13. The van der Waals surface area contributed by atoms with Gasteiger partial charge in [-0.05, 0) is 12.1 Å². The summed E-state index contributed by atoms with van der Waals surface area (Å²) in [4.78, 5) is 12.4. The molecule has 4 N–H and O–H groups in total. The Labute approximate surface area is 118 Å². The summed E-state index contributed by atoms with van der Waals surface area (Å²) in [6.45, 7) is 0.505. The third-order valence-electron chi connectivity index (χ3n) is 2.55. The fraction of sp³-hybridized carbons (Fsp3) is 0.0833. The standard InChI is InChI=1S/C12H12N6OS/c13-9-10(15-6-8-2-1-4-19-8)16-7-17-11(9)18-12-14-3-5-20-12/h1-5,7H,6,13H2,(H2,14,15,16,17,18). The van der Waals surface area contributed by atoms with Crippen molar-refractivity contribution in [2.75, 3.05) is 16.4 Å². The van der Waals surface area contributed by atoms with Crippen molar-refractivity contribution >= 4 is 33.8 Å². The summed E-state index contributed by atoms with van der Waals surface area (Å²) in [6, 6.07) is 3.70. The first-order valence-corrected chi connectivity index (χ1v) is 6.74. The van der Waals surface area contributed by atoms with Crippen molar-refractivity contribution in [3.8, 4) is 0 Å². The first-order valence-electron chi connectivity index (χ1n) is 5.86. The highest BCUT2D eigenvalue weighted by atomic mass is 32.1. The molecule has 8 heteroatoms. The van der Waals surface area contributed by atoms with Crippen LogP contribution in [0.1, 0.15) is 5.76 Å². The Balaban J connectivity index is 1.75. The zero-order chi connectivity index (χ0) is 13.8. The van der Waals surface area contributed by atoms with Crippen LogP contribution in [-0.4, -0.2) is 15.0 Å². The van der Waals surface area contributed by atoms with Gasteiger partial charge in [-0.2, -0.15) is 0 Å². The van der Waals surface area contributed by atoms with Crippen LogP contribution in [0.3, 0.4) is 0 Å². The number of hydrogen-bond acceptors (Lipinski definition) is 8. The molecule has 0 atom stereocenters. The van der Waals surface area contributed by atoms with Crippen molar-refractivity contribution in [2.24, 2.45) is 0 Å². The Hall–Kier alpha value is -2.61. The van der Waals surface area contributed by atoms with Crippen LogP contribution in [0.15, 0.2) is 40.7 Å². The Bertz CT molecular complexity index is 667. The van der Waals surface area contributed by atoms with E-state index in [4.69, 9.17) is 10.2 Å². The second-order valence-corrected chi connectivity index (χ2v) is 4.77. The average molecular weight is 288 g/mol. The lowest BCUT2D eigenvalue weighted by molar-refractivity contribution is 0.518. The van der Waals surface area contributed by atoms with E-state index in [1.54, 1.807) is 12.5 Å². The molecule has 3 aromatic heterocycles. The van der Waals surface area contributed by atoms with Crippen molar-refractivity contribution in [1.29, 1.82) is 0 Å². The monoisotopic (exact) mass is 288 g/mol. The molecule has 0 aliphatic rings. The zero-order valence-corrected chi connectivity index (χ0v) is 11.2. The molecule has 0 aliphatic heterocycles. The number of aromatic nitrogens is 3. The van der Waals surface area contributed by atoms with Crippen molar-refractivity contribution in [1.82, 2.24) is 15.0 Å². The summed E-state index contributed by atoms with van der Waals surface area (Å²) >= 11 is 1.47. The smallest absolute Gasteiger partial charge is 0.188 e. The normalized spacial score (nSPS) is 10.4. The molecular formula is C12H12N6OS. The summed E-state index contributed by atoms with van der Waals surface area (Å²) < 4.78 is 5.24. The lowest BCUT2D eigenvalue weighted by Gasteiger charge is -2.10. The molecular weight excluding hydrogens is 276 g/mol. The minimum absolute atomic E-state index is 0.439. The Kier molecular flexibility index (Phi) is 3.46. The van der Waals surface area contributed by atoms with Crippen LogP contribution in [-0.2, 0) is 6.54 Å². The van der Waals surface area contributed by atoms with Gasteiger partial charge in [0.2, 0.25) is 0 Å². The van der Waals surface area contributed by atoms with Crippen LogP contribution in [0, 0.1) is 0 Å². The molecule has 0 fully saturated rings. The Morgan fingerprint density at radius 2 is 2.15 bits per heavy atom. The molecule has 3 aromatic rings. The fourth-order valence-electron chi connectivity index (χ4n) is 1.61. The lowest BCUT2D eigenvalue weighted by atomic mass is 10.4. The van der Waals surface area contributed by atoms with E-state index in [9.17, 15) is 0 Å². The van der Waals surface area contributed by atoms with Gasteiger partial charge in [0, 0.05) is 11.6 Å². The predicted molar refractivity (Wildman–Crippen MR) is 77.9 cm³/mol. The number of rotatable bonds is 5. The number of thiazole rings is 1. The average Bonchev–Trinajstić information content (AvgIpc) is 3.13. The zero-order valence-electron chi connectivity index (χ0n) is 10.4. The molecule has 0 bridgehead atoms. The molecule has 0 unspecified atom stereocenters. The highest BCUT2D eigenvalue weighted by molar-refractivity contribution is 7.13. The van der Waals surface area contributed by atoms with E-state index in [1.807, 2.05) is 17.5 Å². The minimum atomic E-state index is 0.439. The summed E-state index contributed by atoms with van der Waals surface area (Å²) in [7, 11) is 0. The van der Waals surface area contributed by atoms with Gasteiger partial charge in [-0.15, -0.1) is 11.3 Å². The molecule has 3 heterocycles. The maximum Gasteiger partial charge on any atom is 0.188 e. The van der Waals surface area contributed by atoms with Crippen LogP contribution in [0.4, 0.5) is 22.5 Å². The van der Waals surface area contributed by atoms with Gasteiger partial charge in [0.25, 0.3) is 0 Å². The van der Waals surface area contributed by atoms with E-state index in [0.717, 1.165) is 10.9 Å². The molecule has 3 rings (SSSR count). The van der Waals surface area contributed by atoms with Crippen molar-refractivity contribution in [2.45, 2.75) is 6.54 Å². The van der Waals surface area contributed by atoms with E-state index in [0.29, 0.717) is 23.9 Å². The second-order valence-electron chi connectivity index (χ2n) is 3.88. The summed E-state index contributed by atoms with van der Waals surface area (Å²) in [6.07, 6.45) is 4.77. The Morgan fingerprint density at radius 1 is 1.25 bits per heavy atom. The SMILES string of the molecule is Nc1c(NCc2ccco2)ncnc1Nc1nccs1. The van der Waals surface area contributed by atoms with Gasteiger partial charge in [0.05, 0.1) is 12.8 Å². The first kappa shape index (κ1) is 12.4. The number of nitrogens with one attached hydrogen (secondary N) is 2. The van der Waals surface area contributed by atoms with Crippen molar-refractivity contribution in [3.63, 3.8) is 0 Å². The van der Waals surface area contributed by atoms with Crippen LogP contribution >= 0.6 is 11.3 Å².